The maximum atomic E-state index is 13.6. The number of nitrogens with zero attached hydrogens (tertiary/aromatic N) is 2. The lowest BCUT2D eigenvalue weighted by atomic mass is 9.98. The summed E-state index contributed by atoms with van der Waals surface area (Å²) < 4.78 is 73.8. The highest BCUT2D eigenvalue weighted by Crippen LogP contribution is 2.35. The predicted molar refractivity (Wildman–Crippen MR) is 138 cm³/mol. The highest BCUT2D eigenvalue weighted by molar-refractivity contribution is 7.89. The van der Waals surface area contributed by atoms with E-state index in [4.69, 9.17) is 4.52 Å². The Balaban J connectivity index is 1.56. The molecule has 1 aliphatic heterocycles. The predicted octanol–water partition coefficient (Wildman–Crippen LogP) is 5.83. The summed E-state index contributed by atoms with van der Waals surface area (Å²) in [6.45, 7) is 5.40. The molecular formula is C27H28F3N3O4S. The van der Waals surface area contributed by atoms with Crippen molar-refractivity contribution in [3.8, 4) is 0 Å². The second-order valence-electron chi connectivity index (χ2n) is 9.39. The van der Waals surface area contributed by atoms with Crippen molar-refractivity contribution in [1.82, 2.24) is 9.46 Å². The molecule has 3 aromatic rings. The number of carbonyl (C=O) groups is 1. The van der Waals surface area contributed by atoms with Crippen LogP contribution < -0.4 is 5.32 Å². The molecule has 1 saturated heterocycles. The summed E-state index contributed by atoms with van der Waals surface area (Å²) in [7, 11) is -4.11. The van der Waals surface area contributed by atoms with E-state index in [1.807, 2.05) is 32.0 Å². The van der Waals surface area contributed by atoms with Crippen molar-refractivity contribution >= 4 is 33.8 Å². The Kier molecular flexibility index (Phi) is 7.80. The van der Waals surface area contributed by atoms with Gasteiger partial charge in [0, 0.05) is 13.1 Å². The molecule has 2 heterocycles. The number of nitrogens with one attached hydrogen (secondary N) is 1. The maximum Gasteiger partial charge on any atom is 0.418 e. The smallest absolute Gasteiger partial charge is 0.355 e. The minimum atomic E-state index is -4.64. The van der Waals surface area contributed by atoms with Gasteiger partial charge >= 0.3 is 6.18 Å². The zero-order chi connectivity index (χ0) is 27.7. The van der Waals surface area contributed by atoms with Crippen LogP contribution in [-0.2, 0) is 21.0 Å². The highest BCUT2D eigenvalue weighted by Gasteiger charge is 2.38. The molecule has 0 aliphatic carbocycles. The number of rotatable bonds is 6. The van der Waals surface area contributed by atoms with Crippen molar-refractivity contribution in [2.45, 2.75) is 44.7 Å². The van der Waals surface area contributed by atoms with Gasteiger partial charge in [-0.15, -0.1) is 0 Å². The van der Waals surface area contributed by atoms with Crippen LogP contribution in [0.2, 0.25) is 0 Å². The van der Waals surface area contributed by atoms with Crippen LogP contribution >= 0.6 is 0 Å². The fraction of sp³-hybridized carbons (Fsp3) is 0.333. The minimum Gasteiger partial charge on any atom is -0.355 e. The van der Waals surface area contributed by atoms with Crippen LogP contribution in [0.25, 0.3) is 12.2 Å². The van der Waals surface area contributed by atoms with E-state index in [2.05, 4.69) is 10.5 Å². The van der Waals surface area contributed by atoms with Gasteiger partial charge in [-0.1, -0.05) is 47.1 Å². The number of benzene rings is 2. The summed E-state index contributed by atoms with van der Waals surface area (Å²) in [6, 6.07) is 10.6. The highest BCUT2D eigenvalue weighted by atomic mass is 32.2. The van der Waals surface area contributed by atoms with Gasteiger partial charge in [0.05, 0.1) is 17.2 Å². The van der Waals surface area contributed by atoms with Gasteiger partial charge in [-0.25, -0.2) is 8.42 Å². The third-order valence-corrected chi connectivity index (χ3v) is 8.55. The molecule has 1 N–H and O–H groups in total. The van der Waals surface area contributed by atoms with Crippen LogP contribution in [0.3, 0.4) is 0 Å². The standard InChI is InChI=1S/C27H28F3N3O4S/c1-17-10-11-18(2)20(15-17)12-13-24-25(19(3)32-37-24)38(35,36)33-14-6-7-21(16-33)26(34)31-23-9-5-4-8-22(23)27(28,29)30/h4-5,8-13,15,21H,6-7,14,16H2,1-3H3,(H,31,34)/b13-12+/t21-/m1/s1. The van der Waals surface area contributed by atoms with Gasteiger partial charge in [-0.05, 0) is 62.9 Å². The average molecular weight is 548 g/mol. The quantitative estimate of drug-likeness (QED) is 0.419. The molecule has 1 fully saturated rings. The number of piperidine rings is 1. The molecule has 202 valence electrons. The number of alkyl halides is 3. The first-order valence-corrected chi connectivity index (χ1v) is 13.5. The Labute approximate surface area is 219 Å². The summed E-state index contributed by atoms with van der Waals surface area (Å²) in [5.74, 6) is -1.43. The first-order chi connectivity index (χ1) is 17.9. The molecule has 0 unspecified atom stereocenters. The van der Waals surface area contributed by atoms with Gasteiger partial charge in [-0.3, -0.25) is 4.79 Å². The van der Waals surface area contributed by atoms with Crippen molar-refractivity contribution < 1.29 is 30.9 Å². The second kappa shape index (κ2) is 10.7. The number of amides is 1. The number of halogens is 3. The number of carbonyl (C=O) groups excluding carboxylic acids is 1. The Hall–Kier alpha value is -3.44. The van der Waals surface area contributed by atoms with Gasteiger partial charge in [0.25, 0.3) is 0 Å². The Morgan fingerprint density at radius 2 is 1.87 bits per heavy atom. The third kappa shape index (κ3) is 5.83. The molecule has 2 aromatic carbocycles. The molecule has 0 saturated carbocycles. The third-order valence-electron chi connectivity index (χ3n) is 6.53. The Morgan fingerprint density at radius 1 is 1.13 bits per heavy atom. The van der Waals surface area contributed by atoms with Crippen LogP contribution in [0.15, 0.2) is 51.9 Å². The summed E-state index contributed by atoms with van der Waals surface area (Å²) in [5.41, 5.74) is 1.80. The van der Waals surface area contributed by atoms with E-state index < -0.39 is 33.6 Å². The zero-order valence-corrected chi connectivity index (χ0v) is 22.0. The lowest BCUT2D eigenvalue weighted by Crippen LogP contribution is -2.44. The van der Waals surface area contributed by atoms with Gasteiger partial charge in [-0.2, -0.15) is 17.5 Å². The van der Waals surface area contributed by atoms with E-state index in [0.717, 1.165) is 22.8 Å². The van der Waals surface area contributed by atoms with E-state index in [1.165, 1.54) is 29.4 Å². The number of sulfonamides is 1. The minimum absolute atomic E-state index is 0.0640. The van der Waals surface area contributed by atoms with Crippen LogP contribution in [0.4, 0.5) is 18.9 Å². The van der Waals surface area contributed by atoms with E-state index in [-0.39, 0.29) is 35.1 Å². The fourth-order valence-electron chi connectivity index (χ4n) is 4.48. The van der Waals surface area contributed by atoms with Crippen molar-refractivity contribution in [2.24, 2.45) is 5.92 Å². The molecule has 1 amide bonds. The monoisotopic (exact) mass is 547 g/mol. The second-order valence-corrected chi connectivity index (χ2v) is 11.3. The molecule has 7 nitrogen and oxygen atoms in total. The zero-order valence-electron chi connectivity index (χ0n) is 21.2. The van der Waals surface area contributed by atoms with Gasteiger partial charge in [0.1, 0.15) is 5.69 Å². The first kappa shape index (κ1) is 27.6. The number of hydrogen-bond acceptors (Lipinski definition) is 5. The summed E-state index contributed by atoms with van der Waals surface area (Å²) in [5, 5.41) is 6.20. The number of hydrogen-bond donors (Lipinski definition) is 1. The number of aromatic nitrogens is 1. The number of anilines is 1. The van der Waals surface area contributed by atoms with Gasteiger partial charge in [0.15, 0.2) is 10.7 Å². The lowest BCUT2D eigenvalue weighted by Gasteiger charge is -2.31. The molecule has 1 aromatic heterocycles. The number of aryl methyl sites for hydroxylation is 3. The molecule has 0 bridgehead atoms. The van der Waals surface area contributed by atoms with Crippen LogP contribution in [0.1, 0.15) is 46.5 Å². The molecule has 1 aliphatic rings. The average Bonchev–Trinajstić information content (AvgIpc) is 3.25. The van der Waals surface area contributed by atoms with E-state index in [1.54, 1.807) is 12.2 Å². The van der Waals surface area contributed by atoms with Crippen LogP contribution in [0, 0.1) is 26.7 Å². The Morgan fingerprint density at radius 3 is 2.61 bits per heavy atom. The van der Waals surface area contributed by atoms with E-state index in [9.17, 15) is 26.4 Å². The first-order valence-electron chi connectivity index (χ1n) is 12.1. The summed E-state index contributed by atoms with van der Waals surface area (Å²) >= 11 is 0. The van der Waals surface area contributed by atoms with Crippen LogP contribution in [0.5, 0.6) is 0 Å². The van der Waals surface area contributed by atoms with Crippen molar-refractivity contribution in [1.29, 1.82) is 0 Å². The van der Waals surface area contributed by atoms with Crippen molar-refractivity contribution in [2.75, 3.05) is 18.4 Å². The molecular weight excluding hydrogens is 519 g/mol. The molecule has 38 heavy (non-hydrogen) atoms. The molecule has 1 atom stereocenters. The summed E-state index contributed by atoms with van der Waals surface area (Å²) in [6.07, 6.45) is -0.620. The maximum absolute atomic E-state index is 13.6. The number of para-hydroxylation sites is 1. The molecule has 11 heteroatoms. The summed E-state index contributed by atoms with van der Waals surface area (Å²) in [4.78, 5) is 12.8. The van der Waals surface area contributed by atoms with Gasteiger partial charge < -0.3 is 9.84 Å². The van der Waals surface area contributed by atoms with Crippen molar-refractivity contribution in [3.05, 3.63) is 76.2 Å². The largest absolute Gasteiger partial charge is 0.418 e. The normalized spacial score (nSPS) is 17.2. The molecule has 0 radical (unpaired) electrons. The topological polar surface area (TPSA) is 92.5 Å². The molecule has 4 rings (SSSR count). The fourth-order valence-corrected chi connectivity index (χ4v) is 6.26. The van der Waals surface area contributed by atoms with Crippen molar-refractivity contribution in [3.63, 3.8) is 0 Å². The Bertz CT molecular complexity index is 1480. The SMILES string of the molecule is Cc1ccc(C)c(/C=C/c2onc(C)c2S(=O)(=O)N2CCC[C@@H](C(=O)Nc3ccccc3C(F)(F)F)C2)c1. The van der Waals surface area contributed by atoms with E-state index in [0.29, 0.717) is 12.8 Å². The van der Waals surface area contributed by atoms with Crippen LogP contribution in [-0.4, -0.2) is 36.9 Å². The lowest BCUT2D eigenvalue weighted by molar-refractivity contribution is -0.137. The molecule has 0 spiro atoms. The van der Waals surface area contributed by atoms with E-state index >= 15 is 0 Å². The van der Waals surface area contributed by atoms with Gasteiger partial charge in [0.2, 0.25) is 15.9 Å².